The average Bonchev–Trinajstić information content (AvgIpc) is 3.17. The lowest BCUT2D eigenvalue weighted by atomic mass is 10.1. The molecule has 0 bridgehead atoms. The van der Waals surface area contributed by atoms with Crippen LogP contribution >= 0.6 is 11.3 Å². The Labute approximate surface area is 155 Å². The molecule has 2 aromatic rings. The Morgan fingerprint density at radius 2 is 1.73 bits per heavy atom. The molecule has 1 aromatic carbocycles. The van der Waals surface area contributed by atoms with E-state index in [0.29, 0.717) is 36.9 Å². The van der Waals surface area contributed by atoms with E-state index < -0.39 is 0 Å². The van der Waals surface area contributed by atoms with Crippen molar-refractivity contribution in [3.63, 3.8) is 0 Å². The number of fused-ring (bicyclic) bond motifs is 1. The Morgan fingerprint density at radius 1 is 1.04 bits per heavy atom. The van der Waals surface area contributed by atoms with Crippen LogP contribution in [-0.2, 0) is 0 Å². The summed E-state index contributed by atoms with van der Waals surface area (Å²) in [4.78, 5) is 15.8. The first-order valence-electron chi connectivity index (χ1n) is 8.26. The molecule has 1 aliphatic rings. The SMILES string of the molecule is N#CCCN(CCC#N)C(=O)c1ccc(-c2ccc3c(c2)OCCO3)s1. The van der Waals surface area contributed by atoms with Gasteiger partial charge >= 0.3 is 0 Å². The molecule has 1 aliphatic heterocycles. The minimum Gasteiger partial charge on any atom is -0.486 e. The van der Waals surface area contributed by atoms with E-state index in [2.05, 4.69) is 0 Å². The van der Waals surface area contributed by atoms with Gasteiger partial charge in [0.1, 0.15) is 13.2 Å². The summed E-state index contributed by atoms with van der Waals surface area (Å²) >= 11 is 1.39. The molecule has 3 rings (SSSR count). The van der Waals surface area contributed by atoms with E-state index in [1.807, 2.05) is 36.4 Å². The van der Waals surface area contributed by atoms with Crippen molar-refractivity contribution in [3.8, 4) is 34.1 Å². The third-order valence-electron chi connectivity index (χ3n) is 3.92. The smallest absolute Gasteiger partial charge is 0.264 e. The van der Waals surface area contributed by atoms with Crippen molar-refractivity contribution in [1.29, 1.82) is 10.5 Å². The topological polar surface area (TPSA) is 86.4 Å². The summed E-state index contributed by atoms with van der Waals surface area (Å²) in [5.41, 5.74) is 0.957. The second-order valence-corrected chi connectivity index (χ2v) is 6.71. The van der Waals surface area contributed by atoms with Crippen molar-refractivity contribution in [2.45, 2.75) is 12.8 Å². The predicted octanol–water partition coefficient (Wildman–Crippen LogP) is 3.46. The summed E-state index contributed by atoms with van der Waals surface area (Å²) in [5, 5.41) is 17.5. The molecule has 1 amide bonds. The highest BCUT2D eigenvalue weighted by molar-refractivity contribution is 7.17. The van der Waals surface area contributed by atoms with E-state index in [1.54, 1.807) is 11.0 Å². The second kappa shape index (κ2) is 8.37. The Kier molecular flexibility index (Phi) is 5.73. The van der Waals surface area contributed by atoms with Crippen molar-refractivity contribution in [1.82, 2.24) is 4.90 Å². The van der Waals surface area contributed by atoms with Gasteiger partial charge in [-0.15, -0.1) is 11.3 Å². The Hall–Kier alpha value is -3.03. The Balaban J connectivity index is 1.79. The molecule has 0 fully saturated rings. The van der Waals surface area contributed by atoms with Crippen molar-refractivity contribution in [2.75, 3.05) is 26.3 Å². The van der Waals surface area contributed by atoms with E-state index in [9.17, 15) is 4.79 Å². The molecule has 0 atom stereocenters. The van der Waals surface area contributed by atoms with Gasteiger partial charge in [-0.3, -0.25) is 4.79 Å². The molecule has 7 heteroatoms. The van der Waals surface area contributed by atoms with Gasteiger partial charge < -0.3 is 14.4 Å². The third-order valence-corrected chi connectivity index (χ3v) is 5.04. The maximum atomic E-state index is 12.7. The van der Waals surface area contributed by atoms with Gasteiger partial charge in [-0.05, 0) is 35.9 Å². The monoisotopic (exact) mass is 367 g/mol. The lowest BCUT2D eigenvalue weighted by Gasteiger charge is -2.19. The fourth-order valence-electron chi connectivity index (χ4n) is 2.65. The van der Waals surface area contributed by atoms with Crippen LogP contribution in [0.3, 0.4) is 0 Å². The van der Waals surface area contributed by atoms with E-state index in [1.165, 1.54) is 11.3 Å². The quantitative estimate of drug-likeness (QED) is 0.780. The largest absolute Gasteiger partial charge is 0.486 e. The minimum absolute atomic E-state index is 0.149. The first-order chi connectivity index (χ1) is 12.7. The van der Waals surface area contributed by atoms with Gasteiger partial charge in [-0.25, -0.2) is 0 Å². The van der Waals surface area contributed by atoms with Crippen LogP contribution in [-0.4, -0.2) is 37.1 Å². The highest BCUT2D eigenvalue weighted by Gasteiger charge is 2.19. The number of amides is 1. The summed E-state index contributed by atoms with van der Waals surface area (Å²) in [5.74, 6) is 1.29. The first kappa shape index (κ1) is 17.8. The molecule has 0 saturated carbocycles. The van der Waals surface area contributed by atoms with Crippen molar-refractivity contribution in [2.24, 2.45) is 0 Å². The van der Waals surface area contributed by atoms with Crippen LogP contribution in [0.2, 0.25) is 0 Å². The van der Waals surface area contributed by atoms with Gasteiger partial charge in [0.15, 0.2) is 11.5 Å². The van der Waals surface area contributed by atoms with Crippen LogP contribution in [0.1, 0.15) is 22.5 Å². The summed E-state index contributed by atoms with van der Waals surface area (Å²) in [6.07, 6.45) is 0.495. The summed E-state index contributed by atoms with van der Waals surface area (Å²) in [7, 11) is 0. The van der Waals surface area contributed by atoms with E-state index in [-0.39, 0.29) is 18.7 Å². The Morgan fingerprint density at radius 3 is 2.42 bits per heavy atom. The summed E-state index contributed by atoms with van der Waals surface area (Å²) in [6, 6.07) is 13.5. The number of rotatable bonds is 6. The molecular weight excluding hydrogens is 350 g/mol. The molecule has 0 N–H and O–H groups in total. The fraction of sp³-hybridized carbons (Fsp3) is 0.316. The van der Waals surface area contributed by atoms with Crippen LogP contribution in [0.15, 0.2) is 30.3 Å². The number of thiophene rings is 1. The van der Waals surface area contributed by atoms with Crippen molar-refractivity contribution in [3.05, 3.63) is 35.2 Å². The lowest BCUT2D eigenvalue weighted by Crippen LogP contribution is -2.32. The number of hydrogen-bond donors (Lipinski definition) is 0. The van der Waals surface area contributed by atoms with E-state index >= 15 is 0 Å². The number of carbonyl (C=O) groups is 1. The van der Waals surface area contributed by atoms with Crippen LogP contribution < -0.4 is 9.47 Å². The number of ether oxygens (including phenoxy) is 2. The minimum atomic E-state index is -0.149. The molecule has 0 unspecified atom stereocenters. The zero-order valence-electron chi connectivity index (χ0n) is 14.1. The highest BCUT2D eigenvalue weighted by Crippen LogP contribution is 2.37. The van der Waals surface area contributed by atoms with Gasteiger partial charge in [0.2, 0.25) is 0 Å². The van der Waals surface area contributed by atoms with E-state index in [0.717, 1.165) is 16.2 Å². The summed E-state index contributed by atoms with van der Waals surface area (Å²) in [6.45, 7) is 1.73. The maximum Gasteiger partial charge on any atom is 0.264 e. The fourth-order valence-corrected chi connectivity index (χ4v) is 3.62. The molecule has 0 spiro atoms. The molecule has 0 aliphatic carbocycles. The van der Waals surface area contributed by atoms with Gasteiger partial charge in [0.25, 0.3) is 5.91 Å². The number of hydrogen-bond acceptors (Lipinski definition) is 6. The van der Waals surface area contributed by atoms with Crippen LogP contribution in [0.5, 0.6) is 11.5 Å². The molecule has 0 radical (unpaired) electrons. The molecular formula is C19H17N3O3S. The van der Waals surface area contributed by atoms with E-state index in [4.69, 9.17) is 20.0 Å². The second-order valence-electron chi connectivity index (χ2n) is 5.63. The Bertz CT molecular complexity index is 861. The van der Waals surface area contributed by atoms with Gasteiger partial charge in [-0.1, -0.05) is 0 Å². The number of carbonyl (C=O) groups excluding carboxylic acids is 1. The zero-order chi connectivity index (χ0) is 18.4. The third kappa shape index (κ3) is 3.96. The van der Waals surface area contributed by atoms with Gasteiger partial charge in [0.05, 0.1) is 29.9 Å². The molecule has 2 heterocycles. The average molecular weight is 367 g/mol. The highest BCUT2D eigenvalue weighted by atomic mass is 32.1. The molecule has 0 saturated heterocycles. The maximum absolute atomic E-state index is 12.7. The normalized spacial score (nSPS) is 12.1. The van der Waals surface area contributed by atoms with Crippen LogP contribution in [0, 0.1) is 22.7 Å². The lowest BCUT2D eigenvalue weighted by molar-refractivity contribution is 0.0767. The number of nitriles is 2. The molecule has 26 heavy (non-hydrogen) atoms. The standard InChI is InChI=1S/C19H17N3O3S/c20-7-1-9-22(10-2-8-21)19(23)18-6-5-17(26-18)14-3-4-15-16(13-14)25-12-11-24-15/h3-6,13H,1-2,9-12H2. The van der Waals surface area contributed by atoms with Crippen LogP contribution in [0.4, 0.5) is 0 Å². The van der Waals surface area contributed by atoms with Crippen LogP contribution in [0.25, 0.3) is 10.4 Å². The van der Waals surface area contributed by atoms with Crippen molar-refractivity contribution >= 4 is 17.2 Å². The van der Waals surface area contributed by atoms with Gasteiger partial charge in [0, 0.05) is 18.0 Å². The molecule has 132 valence electrons. The molecule has 6 nitrogen and oxygen atoms in total. The number of nitrogens with zero attached hydrogens (tertiary/aromatic N) is 3. The number of benzene rings is 1. The van der Waals surface area contributed by atoms with Crippen molar-refractivity contribution < 1.29 is 14.3 Å². The molecule has 1 aromatic heterocycles. The predicted molar refractivity (Wildman–Crippen MR) is 97.1 cm³/mol. The zero-order valence-corrected chi connectivity index (χ0v) is 14.9. The first-order valence-corrected chi connectivity index (χ1v) is 9.07. The summed E-state index contributed by atoms with van der Waals surface area (Å²) < 4.78 is 11.1. The van der Waals surface area contributed by atoms with Gasteiger partial charge in [-0.2, -0.15) is 10.5 Å².